The van der Waals surface area contributed by atoms with Gasteiger partial charge in [-0.2, -0.15) is 4.72 Å². The molecule has 0 radical (unpaired) electrons. The molecule has 0 spiro atoms. The summed E-state index contributed by atoms with van der Waals surface area (Å²) in [6, 6.07) is 11.1. The lowest BCUT2D eigenvalue weighted by Gasteiger charge is -2.16. The van der Waals surface area contributed by atoms with Gasteiger partial charge in [-0.15, -0.1) is 0 Å². The van der Waals surface area contributed by atoms with E-state index in [4.69, 9.17) is 4.74 Å². The van der Waals surface area contributed by atoms with Crippen molar-refractivity contribution in [3.8, 4) is 5.75 Å². The van der Waals surface area contributed by atoms with Crippen molar-refractivity contribution in [3.63, 3.8) is 0 Å². The summed E-state index contributed by atoms with van der Waals surface area (Å²) in [6.07, 6.45) is 0. The van der Waals surface area contributed by atoms with Gasteiger partial charge in [0, 0.05) is 5.69 Å². The first-order chi connectivity index (χ1) is 11.7. The number of sulfonamides is 1. The molecule has 6 nitrogen and oxygen atoms in total. The first-order valence-corrected chi connectivity index (χ1v) is 9.26. The Morgan fingerprint density at radius 3 is 2.24 bits per heavy atom. The Morgan fingerprint density at radius 2 is 1.64 bits per heavy atom. The lowest BCUT2D eigenvalue weighted by Crippen LogP contribution is -2.41. The normalized spacial score (nSPS) is 12.5. The van der Waals surface area contributed by atoms with E-state index in [2.05, 4.69) is 10.0 Å². The van der Waals surface area contributed by atoms with E-state index >= 15 is 0 Å². The van der Waals surface area contributed by atoms with Gasteiger partial charge in [0.2, 0.25) is 15.9 Å². The fourth-order valence-corrected chi connectivity index (χ4v) is 3.69. The minimum absolute atomic E-state index is 0.00462. The van der Waals surface area contributed by atoms with Crippen LogP contribution in [0.3, 0.4) is 0 Å². The molecule has 0 aliphatic carbocycles. The number of nitrogens with one attached hydrogen (secondary N) is 2. The molecule has 0 unspecified atom stereocenters. The van der Waals surface area contributed by atoms with Crippen LogP contribution in [0.1, 0.15) is 18.1 Å². The molecule has 2 rings (SSSR count). The van der Waals surface area contributed by atoms with Crippen molar-refractivity contribution in [2.75, 3.05) is 12.4 Å². The lowest BCUT2D eigenvalue weighted by molar-refractivity contribution is -0.117. The molecular formula is C18H22N2O4S. The molecule has 1 amide bonds. The number of methoxy groups -OCH3 is 1. The van der Waals surface area contributed by atoms with Crippen LogP contribution in [0.2, 0.25) is 0 Å². The summed E-state index contributed by atoms with van der Waals surface area (Å²) < 4.78 is 32.7. The quantitative estimate of drug-likeness (QED) is 0.827. The number of carbonyl (C=O) groups excluding carboxylic acids is 1. The van der Waals surface area contributed by atoms with Crippen molar-refractivity contribution in [3.05, 3.63) is 53.6 Å². The van der Waals surface area contributed by atoms with Gasteiger partial charge in [0.1, 0.15) is 10.6 Å². The van der Waals surface area contributed by atoms with Crippen molar-refractivity contribution in [1.82, 2.24) is 4.72 Å². The Morgan fingerprint density at radius 1 is 1.04 bits per heavy atom. The van der Waals surface area contributed by atoms with Crippen molar-refractivity contribution in [1.29, 1.82) is 0 Å². The standard InChI is InChI=1S/C18H22N2O4S/c1-12-5-8-15(9-6-12)19-18(21)14(3)20-25(22,23)17-11-13(2)7-10-16(17)24-4/h5-11,14,20H,1-4H3,(H,19,21)/t14-/m1/s1. The van der Waals surface area contributed by atoms with Crippen molar-refractivity contribution < 1.29 is 17.9 Å². The highest BCUT2D eigenvalue weighted by Crippen LogP contribution is 2.24. The largest absolute Gasteiger partial charge is 0.495 e. The highest BCUT2D eigenvalue weighted by molar-refractivity contribution is 7.89. The molecule has 2 aromatic carbocycles. The number of hydrogen-bond acceptors (Lipinski definition) is 4. The van der Waals surface area contributed by atoms with Gasteiger partial charge in [-0.25, -0.2) is 8.42 Å². The van der Waals surface area contributed by atoms with Crippen LogP contribution in [-0.4, -0.2) is 27.5 Å². The summed E-state index contributed by atoms with van der Waals surface area (Å²) in [5.41, 5.74) is 2.45. The number of hydrogen-bond donors (Lipinski definition) is 2. The third kappa shape index (κ3) is 4.80. The van der Waals surface area contributed by atoms with Gasteiger partial charge in [-0.1, -0.05) is 23.8 Å². The van der Waals surface area contributed by atoms with Crippen LogP contribution in [0.5, 0.6) is 5.75 Å². The maximum absolute atomic E-state index is 12.6. The minimum atomic E-state index is -3.90. The van der Waals surface area contributed by atoms with Gasteiger partial charge in [0.15, 0.2) is 0 Å². The Kier molecular flexibility index (Phi) is 5.81. The van der Waals surface area contributed by atoms with Crippen molar-refractivity contribution >= 4 is 21.6 Å². The molecule has 0 saturated heterocycles. The van der Waals surface area contributed by atoms with Gasteiger partial charge in [0.05, 0.1) is 13.2 Å². The van der Waals surface area contributed by atoms with Crippen LogP contribution in [0, 0.1) is 13.8 Å². The topological polar surface area (TPSA) is 84.5 Å². The second kappa shape index (κ2) is 7.67. The smallest absolute Gasteiger partial charge is 0.244 e. The van der Waals surface area contributed by atoms with Crippen molar-refractivity contribution in [2.45, 2.75) is 31.7 Å². The molecule has 134 valence electrons. The molecule has 2 aromatic rings. The number of rotatable bonds is 6. The summed E-state index contributed by atoms with van der Waals surface area (Å²) in [5.74, 6) is -0.219. The molecule has 1 atom stereocenters. The monoisotopic (exact) mass is 362 g/mol. The Balaban J connectivity index is 2.15. The van der Waals surface area contributed by atoms with E-state index < -0.39 is 22.0 Å². The number of anilines is 1. The van der Waals surface area contributed by atoms with E-state index in [1.165, 1.54) is 20.1 Å². The van der Waals surface area contributed by atoms with Crippen molar-refractivity contribution in [2.24, 2.45) is 0 Å². The van der Waals surface area contributed by atoms with E-state index in [9.17, 15) is 13.2 Å². The summed E-state index contributed by atoms with van der Waals surface area (Å²) >= 11 is 0. The Labute approximate surface area is 148 Å². The average Bonchev–Trinajstić information content (AvgIpc) is 2.56. The SMILES string of the molecule is COc1ccc(C)cc1S(=O)(=O)N[C@H](C)C(=O)Nc1ccc(C)cc1. The first-order valence-electron chi connectivity index (χ1n) is 7.77. The summed E-state index contributed by atoms with van der Waals surface area (Å²) in [5, 5.41) is 2.69. The van der Waals surface area contributed by atoms with Crippen LogP contribution in [0.4, 0.5) is 5.69 Å². The molecule has 7 heteroatoms. The molecule has 0 fully saturated rings. The van der Waals surface area contributed by atoms with Gasteiger partial charge in [-0.3, -0.25) is 4.79 Å². The van der Waals surface area contributed by atoms with E-state index in [1.54, 1.807) is 31.2 Å². The third-order valence-corrected chi connectivity index (χ3v) is 5.21. The molecule has 25 heavy (non-hydrogen) atoms. The third-order valence-electron chi connectivity index (χ3n) is 3.65. The number of carbonyl (C=O) groups is 1. The molecule has 0 aromatic heterocycles. The molecule has 0 saturated carbocycles. The average molecular weight is 362 g/mol. The predicted octanol–water partition coefficient (Wildman–Crippen LogP) is 2.62. The first kappa shape index (κ1) is 19.0. The summed E-state index contributed by atoms with van der Waals surface area (Å²) in [7, 11) is -2.50. The Hall–Kier alpha value is -2.38. The summed E-state index contributed by atoms with van der Waals surface area (Å²) in [6.45, 7) is 5.22. The zero-order valence-electron chi connectivity index (χ0n) is 14.7. The molecule has 0 aliphatic heterocycles. The molecule has 0 bridgehead atoms. The lowest BCUT2D eigenvalue weighted by atomic mass is 10.2. The molecule has 0 heterocycles. The van der Waals surface area contributed by atoms with Crippen LogP contribution in [0.25, 0.3) is 0 Å². The molecule has 0 aliphatic rings. The van der Waals surface area contributed by atoms with E-state index in [-0.39, 0.29) is 10.6 Å². The van der Waals surface area contributed by atoms with Gasteiger partial charge in [-0.05, 0) is 50.6 Å². The summed E-state index contributed by atoms with van der Waals surface area (Å²) in [4.78, 5) is 12.3. The fourth-order valence-electron chi connectivity index (χ4n) is 2.23. The van der Waals surface area contributed by atoms with Crippen LogP contribution in [-0.2, 0) is 14.8 Å². The number of ether oxygens (including phenoxy) is 1. The fraction of sp³-hybridized carbons (Fsp3) is 0.278. The van der Waals surface area contributed by atoms with Crippen LogP contribution in [0.15, 0.2) is 47.4 Å². The minimum Gasteiger partial charge on any atom is -0.495 e. The maximum Gasteiger partial charge on any atom is 0.244 e. The van der Waals surface area contributed by atoms with E-state index in [0.717, 1.165) is 11.1 Å². The maximum atomic E-state index is 12.6. The highest BCUT2D eigenvalue weighted by Gasteiger charge is 2.25. The Bertz CT molecular complexity index is 861. The van der Waals surface area contributed by atoms with E-state index in [1.807, 2.05) is 19.1 Å². The molecular weight excluding hydrogens is 340 g/mol. The van der Waals surface area contributed by atoms with Gasteiger partial charge < -0.3 is 10.1 Å². The number of aryl methyl sites for hydroxylation is 2. The van der Waals surface area contributed by atoms with Gasteiger partial charge in [0.25, 0.3) is 0 Å². The second-order valence-corrected chi connectivity index (χ2v) is 7.53. The second-order valence-electron chi connectivity index (χ2n) is 5.85. The van der Waals surface area contributed by atoms with E-state index in [0.29, 0.717) is 5.69 Å². The van der Waals surface area contributed by atoms with Gasteiger partial charge >= 0.3 is 0 Å². The zero-order chi connectivity index (χ0) is 18.6. The predicted molar refractivity (Wildman–Crippen MR) is 97.3 cm³/mol. The number of amides is 1. The number of benzene rings is 2. The van der Waals surface area contributed by atoms with Crippen LogP contribution < -0.4 is 14.8 Å². The van der Waals surface area contributed by atoms with Crippen LogP contribution >= 0.6 is 0 Å². The molecule has 2 N–H and O–H groups in total. The zero-order valence-corrected chi connectivity index (χ0v) is 15.5. The highest BCUT2D eigenvalue weighted by atomic mass is 32.2.